The van der Waals surface area contributed by atoms with Crippen LogP contribution in [0.4, 0.5) is 0 Å². The molecule has 3 heterocycles. The van der Waals surface area contributed by atoms with Crippen LogP contribution in [0.5, 0.6) is 0 Å². The van der Waals surface area contributed by atoms with Crippen molar-refractivity contribution in [1.29, 1.82) is 0 Å². The molecular weight excluding hydrogens is 378 g/mol. The Kier molecular flexibility index (Phi) is 6.77. The van der Waals surface area contributed by atoms with Crippen LogP contribution in [0, 0.1) is 5.92 Å². The third kappa shape index (κ3) is 4.56. The van der Waals surface area contributed by atoms with Gasteiger partial charge in [-0.1, -0.05) is 6.92 Å². The largest absolute Gasteiger partial charge is 0.381 e. The van der Waals surface area contributed by atoms with Gasteiger partial charge in [-0.3, -0.25) is 9.89 Å². The predicted molar refractivity (Wildman–Crippen MR) is 115 cm³/mol. The zero-order valence-electron chi connectivity index (χ0n) is 18.1. The molecule has 2 aliphatic rings. The minimum Gasteiger partial charge on any atom is -0.381 e. The van der Waals surface area contributed by atoms with E-state index in [2.05, 4.69) is 27.0 Å². The first-order valence-corrected chi connectivity index (χ1v) is 11.4. The minimum atomic E-state index is 0.175. The average molecular weight is 412 g/mol. The molecule has 30 heavy (non-hydrogen) atoms. The molecule has 2 fully saturated rings. The van der Waals surface area contributed by atoms with Crippen molar-refractivity contribution in [1.82, 2.24) is 25.1 Å². The van der Waals surface area contributed by atoms with Gasteiger partial charge in [-0.15, -0.1) is 0 Å². The molecule has 1 saturated heterocycles. The number of carbonyl (C=O) groups excluding carboxylic acids is 1. The molecular formula is C23H33N5O2. The molecule has 1 aliphatic carbocycles. The van der Waals surface area contributed by atoms with Gasteiger partial charge in [-0.05, 0) is 51.0 Å². The topological polar surface area (TPSA) is 84.0 Å². The third-order valence-corrected chi connectivity index (χ3v) is 6.70. The fraction of sp³-hybridized carbons (Fsp3) is 0.652. The lowest BCUT2D eigenvalue weighted by Crippen LogP contribution is -2.42. The Hall–Kier alpha value is -2.28. The van der Waals surface area contributed by atoms with Gasteiger partial charge < -0.3 is 9.64 Å². The summed E-state index contributed by atoms with van der Waals surface area (Å²) in [5.41, 5.74) is 3.15. The predicted octanol–water partition coefficient (Wildman–Crippen LogP) is 3.73. The number of methoxy groups -OCH3 is 1. The van der Waals surface area contributed by atoms with Crippen LogP contribution in [0.2, 0.25) is 0 Å². The lowest BCUT2D eigenvalue weighted by Gasteiger charge is -2.36. The number of carbonyl (C=O) groups is 1. The molecule has 4 rings (SSSR count). The van der Waals surface area contributed by atoms with E-state index in [9.17, 15) is 4.79 Å². The van der Waals surface area contributed by atoms with Crippen LogP contribution in [0.25, 0.3) is 11.3 Å². The smallest absolute Gasteiger partial charge is 0.225 e. The van der Waals surface area contributed by atoms with E-state index in [0.29, 0.717) is 17.9 Å². The Bertz CT molecular complexity index is 836. The van der Waals surface area contributed by atoms with Crippen molar-refractivity contribution >= 4 is 5.91 Å². The van der Waals surface area contributed by atoms with Crippen LogP contribution in [0.3, 0.4) is 0 Å². The van der Waals surface area contributed by atoms with E-state index in [4.69, 9.17) is 9.72 Å². The molecule has 2 aromatic rings. The lowest BCUT2D eigenvalue weighted by molar-refractivity contribution is -0.138. The number of aromatic nitrogens is 4. The molecule has 0 unspecified atom stereocenters. The van der Waals surface area contributed by atoms with E-state index in [-0.39, 0.29) is 5.92 Å². The molecule has 0 radical (unpaired) electrons. The number of aryl methyl sites for hydroxylation is 1. The summed E-state index contributed by atoms with van der Waals surface area (Å²) in [6.45, 7) is 3.77. The maximum Gasteiger partial charge on any atom is 0.225 e. The SMILES string of the molecule is CCCc1nccc(-c2cn[nH]c2C2CCN(C(=O)C3CCC(OC)CC3)CC2)n1. The summed E-state index contributed by atoms with van der Waals surface area (Å²) in [5.74, 6) is 1.77. The fourth-order valence-corrected chi connectivity index (χ4v) is 4.90. The molecule has 7 heteroatoms. The number of rotatable bonds is 6. The fourth-order valence-electron chi connectivity index (χ4n) is 4.90. The summed E-state index contributed by atoms with van der Waals surface area (Å²) >= 11 is 0. The zero-order chi connectivity index (χ0) is 20.9. The van der Waals surface area contributed by atoms with Crippen LogP contribution in [0.15, 0.2) is 18.5 Å². The molecule has 7 nitrogen and oxygen atoms in total. The van der Waals surface area contributed by atoms with Crippen molar-refractivity contribution in [2.45, 2.75) is 70.3 Å². The van der Waals surface area contributed by atoms with E-state index >= 15 is 0 Å². The van der Waals surface area contributed by atoms with E-state index in [1.807, 2.05) is 18.5 Å². The van der Waals surface area contributed by atoms with E-state index in [0.717, 1.165) is 87.2 Å². The van der Waals surface area contributed by atoms with Gasteiger partial charge in [-0.2, -0.15) is 5.10 Å². The highest BCUT2D eigenvalue weighted by Gasteiger charge is 2.32. The number of ether oxygens (including phenoxy) is 1. The number of aromatic amines is 1. The first-order valence-electron chi connectivity index (χ1n) is 11.4. The average Bonchev–Trinajstić information content (AvgIpc) is 3.29. The standard InChI is InChI=1S/C23H33N5O2/c1-3-4-21-24-12-9-20(26-21)19-15-25-27-22(19)16-10-13-28(14-11-16)23(29)17-5-7-18(30-2)8-6-17/h9,12,15-18H,3-8,10-11,13-14H2,1-2H3,(H,25,27). The van der Waals surface area contributed by atoms with Crippen LogP contribution in [-0.4, -0.2) is 57.3 Å². The van der Waals surface area contributed by atoms with Gasteiger partial charge in [0.2, 0.25) is 5.91 Å². The highest BCUT2D eigenvalue weighted by atomic mass is 16.5. The van der Waals surface area contributed by atoms with E-state index in [1.54, 1.807) is 7.11 Å². The Morgan fingerprint density at radius 1 is 1.20 bits per heavy atom. The molecule has 0 spiro atoms. The van der Waals surface area contributed by atoms with Crippen molar-refractivity contribution in [2.75, 3.05) is 20.2 Å². The second-order valence-corrected chi connectivity index (χ2v) is 8.61. The summed E-state index contributed by atoms with van der Waals surface area (Å²) in [5, 5.41) is 7.53. The second-order valence-electron chi connectivity index (χ2n) is 8.61. The first kappa shape index (κ1) is 21.0. The number of amides is 1. The molecule has 2 aromatic heterocycles. The summed E-state index contributed by atoms with van der Waals surface area (Å²) in [7, 11) is 1.77. The molecule has 0 atom stereocenters. The van der Waals surface area contributed by atoms with Gasteiger partial charge in [0.05, 0.1) is 18.0 Å². The quantitative estimate of drug-likeness (QED) is 0.783. The number of H-pyrrole nitrogens is 1. The summed E-state index contributed by atoms with van der Waals surface area (Å²) in [4.78, 5) is 24.2. The Labute approximate surface area is 178 Å². The number of hydrogen-bond acceptors (Lipinski definition) is 5. The van der Waals surface area contributed by atoms with Crippen LogP contribution >= 0.6 is 0 Å². The highest BCUT2D eigenvalue weighted by Crippen LogP contribution is 2.35. The van der Waals surface area contributed by atoms with Crippen molar-refractivity contribution < 1.29 is 9.53 Å². The van der Waals surface area contributed by atoms with Crippen LogP contribution in [0.1, 0.15) is 69.3 Å². The second kappa shape index (κ2) is 9.69. The summed E-state index contributed by atoms with van der Waals surface area (Å²) < 4.78 is 5.45. The number of hydrogen-bond donors (Lipinski definition) is 1. The molecule has 1 N–H and O–H groups in total. The molecule has 0 bridgehead atoms. The number of nitrogens with zero attached hydrogens (tertiary/aromatic N) is 4. The molecule has 1 saturated carbocycles. The van der Waals surface area contributed by atoms with Gasteiger partial charge in [-0.25, -0.2) is 9.97 Å². The Morgan fingerprint density at radius 2 is 1.97 bits per heavy atom. The number of likely N-dealkylation sites (tertiary alicyclic amines) is 1. The Balaban J connectivity index is 1.38. The maximum absolute atomic E-state index is 13.0. The molecule has 0 aromatic carbocycles. The van der Waals surface area contributed by atoms with Crippen molar-refractivity contribution in [3.8, 4) is 11.3 Å². The van der Waals surface area contributed by atoms with E-state index in [1.165, 1.54) is 0 Å². The van der Waals surface area contributed by atoms with Crippen molar-refractivity contribution in [2.24, 2.45) is 5.92 Å². The maximum atomic E-state index is 13.0. The normalized spacial score (nSPS) is 22.9. The van der Waals surface area contributed by atoms with Crippen molar-refractivity contribution in [3.05, 3.63) is 30.0 Å². The third-order valence-electron chi connectivity index (χ3n) is 6.70. The lowest BCUT2D eigenvalue weighted by atomic mass is 9.85. The highest BCUT2D eigenvalue weighted by molar-refractivity contribution is 5.79. The van der Waals surface area contributed by atoms with Gasteiger partial charge in [0, 0.05) is 55.9 Å². The molecule has 1 aliphatic heterocycles. The number of nitrogens with one attached hydrogen (secondary N) is 1. The van der Waals surface area contributed by atoms with Crippen molar-refractivity contribution in [3.63, 3.8) is 0 Å². The van der Waals surface area contributed by atoms with Crippen LogP contribution in [-0.2, 0) is 16.0 Å². The monoisotopic (exact) mass is 411 g/mol. The van der Waals surface area contributed by atoms with Gasteiger partial charge >= 0.3 is 0 Å². The molecule has 162 valence electrons. The van der Waals surface area contributed by atoms with E-state index < -0.39 is 0 Å². The molecule has 1 amide bonds. The van der Waals surface area contributed by atoms with Crippen LogP contribution < -0.4 is 0 Å². The van der Waals surface area contributed by atoms with Gasteiger partial charge in [0.1, 0.15) is 5.82 Å². The zero-order valence-corrected chi connectivity index (χ0v) is 18.1. The van der Waals surface area contributed by atoms with Gasteiger partial charge in [0.25, 0.3) is 0 Å². The minimum absolute atomic E-state index is 0.175. The summed E-state index contributed by atoms with van der Waals surface area (Å²) in [6.07, 6.45) is 11.8. The summed E-state index contributed by atoms with van der Waals surface area (Å²) in [6, 6.07) is 1.96. The first-order chi connectivity index (χ1) is 14.7. The van der Waals surface area contributed by atoms with Gasteiger partial charge in [0.15, 0.2) is 0 Å². The Morgan fingerprint density at radius 3 is 2.67 bits per heavy atom. The number of piperidine rings is 1.